The van der Waals surface area contributed by atoms with Crippen LogP contribution in [-0.2, 0) is 21.4 Å². The van der Waals surface area contributed by atoms with Crippen molar-refractivity contribution in [3.8, 4) is 0 Å². The molecule has 6 nitrogen and oxygen atoms in total. The van der Waals surface area contributed by atoms with Crippen LogP contribution in [0.5, 0.6) is 0 Å². The number of nitrogens with one attached hydrogen (secondary N) is 1. The topological polar surface area (TPSA) is 79.6 Å². The van der Waals surface area contributed by atoms with E-state index in [-0.39, 0.29) is 17.3 Å². The molecule has 1 aromatic carbocycles. The highest BCUT2D eigenvalue weighted by molar-refractivity contribution is 9.10. The number of nitrogens with zero attached hydrogens (tertiary/aromatic N) is 1. The number of piperidine rings is 1. The fourth-order valence-corrected chi connectivity index (χ4v) is 4.99. The molecule has 3 rings (SSSR count). The lowest BCUT2D eigenvalue weighted by Crippen LogP contribution is -2.51. The molecular weight excluding hydrogens is 420 g/mol. The van der Waals surface area contributed by atoms with Gasteiger partial charge in [0.1, 0.15) is 17.6 Å². The molecule has 0 spiro atoms. The van der Waals surface area contributed by atoms with Crippen LogP contribution in [0.4, 0.5) is 0 Å². The number of rotatable bonds is 5. The predicted molar refractivity (Wildman–Crippen MR) is 101 cm³/mol. The Kier molecular flexibility index (Phi) is 5.84. The maximum absolute atomic E-state index is 13.0. The van der Waals surface area contributed by atoms with Gasteiger partial charge in [-0.25, -0.2) is 8.42 Å². The average Bonchev–Trinajstić information content (AvgIpc) is 3.05. The molecule has 1 aliphatic rings. The van der Waals surface area contributed by atoms with E-state index in [1.54, 1.807) is 30.3 Å². The van der Waals surface area contributed by atoms with Crippen molar-refractivity contribution >= 4 is 31.9 Å². The van der Waals surface area contributed by atoms with Crippen LogP contribution in [0.25, 0.3) is 0 Å². The van der Waals surface area contributed by atoms with Gasteiger partial charge >= 0.3 is 0 Å². The highest BCUT2D eigenvalue weighted by atomic mass is 79.9. The van der Waals surface area contributed by atoms with Crippen molar-refractivity contribution in [3.63, 3.8) is 0 Å². The van der Waals surface area contributed by atoms with Crippen molar-refractivity contribution in [1.82, 2.24) is 9.62 Å². The molecule has 0 bridgehead atoms. The molecule has 2 heterocycles. The van der Waals surface area contributed by atoms with Crippen LogP contribution in [0.3, 0.4) is 0 Å². The molecule has 1 atom stereocenters. The van der Waals surface area contributed by atoms with Crippen LogP contribution in [-0.4, -0.2) is 31.2 Å². The minimum atomic E-state index is -3.72. The van der Waals surface area contributed by atoms with Gasteiger partial charge in [0.25, 0.3) is 0 Å². The van der Waals surface area contributed by atoms with E-state index in [0.29, 0.717) is 18.7 Å². The monoisotopic (exact) mass is 440 g/mol. The Balaban J connectivity index is 1.76. The molecule has 1 unspecified atom stereocenters. The molecule has 1 saturated heterocycles. The molecule has 8 heteroatoms. The lowest BCUT2D eigenvalue weighted by atomic mass is 10.0. The second-order valence-electron chi connectivity index (χ2n) is 6.31. The third-order valence-corrected chi connectivity index (χ3v) is 6.86. The molecule has 0 aliphatic carbocycles. The fraction of sp³-hybridized carbons (Fsp3) is 0.389. The Bertz CT molecular complexity index is 877. The first-order valence-electron chi connectivity index (χ1n) is 8.48. The van der Waals surface area contributed by atoms with Gasteiger partial charge in [0.05, 0.1) is 11.4 Å². The van der Waals surface area contributed by atoms with E-state index in [0.717, 1.165) is 23.1 Å². The first-order valence-corrected chi connectivity index (χ1v) is 10.7. The van der Waals surface area contributed by atoms with Crippen LogP contribution < -0.4 is 5.32 Å². The predicted octanol–water partition coefficient (Wildman–Crippen LogP) is 3.21. The summed E-state index contributed by atoms with van der Waals surface area (Å²) in [4.78, 5) is 12.9. The van der Waals surface area contributed by atoms with Crippen LogP contribution >= 0.6 is 15.9 Å². The van der Waals surface area contributed by atoms with Crippen molar-refractivity contribution in [2.24, 2.45) is 0 Å². The number of amides is 1. The zero-order valence-electron chi connectivity index (χ0n) is 14.4. The Morgan fingerprint density at radius 3 is 2.62 bits per heavy atom. The largest absolute Gasteiger partial charge is 0.465 e. The number of furan rings is 1. The van der Waals surface area contributed by atoms with Gasteiger partial charge in [0, 0.05) is 11.0 Å². The van der Waals surface area contributed by atoms with Gasteiger partial charge in [-0.15, -0.1) is 0 Å². The van der Waals surface area contributed by atoms with Crippen molar-refractivity contribution in [2.45, 2.75) is 43.7 Å². The van der Waals surface area contributed by atoms with Gasteiger partial charge in [-0.3, -0.25) is 4.79 Å². The maximum Gasteiger partial charge on any atom is 0.243 e. The van der Waals surface area contributed by atoms with Crippen LogP contribution in [0, 0.1) is 6.92 Å². The van der Waals surface area contributed by atoms with Gasteiger partial charge in [-0.1, -0.05) is 22.4 Å². The van der Waals surface area contributed by atoms with Gasteiger partial charge in [-0.05, 0) is 56.2 Å². The lowest BCUT2D eigenvalue weighted by molar-refractivity contribution is -0.125. The highest BCUT2D eigenvalue weighted by Gasteiger charge is 2.37. The summed E-state index contributed by atoms with van der Waals surface area (Å²) in [6.45, 7) is 2.42. The van der Waals surface area contributed by atoms with Crippen LogP contribution in [0.1, 0.15) is 30.8 Å². The number of carbonyl (C=O) groups is 1. The second kappa shape index (κ2) is 7.94. The summed E-state index contributed by atoms with van der Waals surface area (Å²) in [5, 5.41) is 2.80. The fourth-order valence-electron chi connectivity index (χ4n) is 3.07. The molecule has 140 valence electrons. The number of hydrogen-bond donors (Lipinski definition) is 1. The Morgan fingerprint density at radius 2 is 1.96 bits per heavy atom. The van der Waals surface area contributed by atoms with Crippen molar-refractivity contribution in [3.05, 3.63) is 52.4 Å². The number of benzene rings is 1. The third-order valence-electron chi connectivity index (χ3n) is 4.41. The molecule has 1 aliphatic heterocycles. The smallest absolute Gasteiger partial charge is 0.243 e. The number of hydrogen-bond acceptors (Lipinski definition) is 4. The Hall–Kier alpha value is -1.64. The zero-order valence-corrected chi connectivity index (χ0v) is 16.8. The minimum Gasteiger partial charge on any atom is -0.465 e. The maximum atomic E-state index is 13.0. The second-order valence-corrected chi connectivity index (χ2v) is 9.12. The van der Waals surface area contributed by atoms with Crippen molar-refractivity contribution in [2.75, 3.05) is 6.54 Å². The van der Waals surface area contributed by atoms with Gasteiger partial charge in [-0.2, -0.15) is 4.31 Å². The molecule has 0 radical (unpaired) electrons. The summed E-state index contributed by atoms with van der Waals surface area (Å²) >= 11 is 3.31. The molecule has 1 amide bonds. The Morgan fingerprint density at radius 1 is 1.23 bits per heavy atom. The molecule has 26 heavy (non-hydrogen) atoms. The van der Waals surface area contributed by atoms with Crippen molar-refractivity contribution in [1.29, 1.82) is 0 Å². The highest BCUT2D eigenvalue weighted by Crippen LogP contribution is 2.26. The SMILES string of the molecule is Cc1ccc(CNC(=O)C2CCCCN2S(=O)(=O)c2ccc(Br)cc2)o1. The van der Waals surface area contributed by atoms with E-state index in [2.05, 4.69) is 21.2 Å². The third kappa shape index (κ3) is 4.19. The number of halogens is 1. The summed E-state index contributed by atoms with van der Waals surface area (Å²) in [7, 11) is -3.72. The summed E-state index contributed by atoms with van der Waals surface area (Å²) in [5.74, 6) is 1.12. The zero-order chi connectivity index (χ0) is 18.7. The molecule has 2 aromatic rings. The summed E-state index contributed by atoms with van der Waals surface area (Å²) < 4.78 is 33.6. The average molecular weight is 441 g/mol. The first-order chi connectivity index (χ1) is 12.4. The van der Waals surface area contributed by atoms with E-state index in [9.17, 15) is 13.2 Å². The summed E-state index contributed by atoms with van der Waals surface area (Å²) in [5.41, 5.74) is 0. The Labute approximate surface area is 161 Å². The van der Waals surface area contributed by atoms with E-state index in [1.807, 2.05) is 13.0 Å². The van der Waals surface area contributed by atoms with E-state index >= 15 is 0 Å². The normalized spacial score (nSPS) is 18.6. The van der Waals surface area contributed by atoms with E-state index < -0.39 is 16.1 Å². The van der Waals surface area contributed by atoms with Gasteiger partial charge in [0.2, 0.25) is 15.9 Å². The number of sulfonamides is 1. The van der Waals surface area contributed by atoms with E-state index in [1.165, 1.54) is 4.31 Å². The van der Waals surface area contributed by atoms with Crippen LogP contribution in [0.15, 0.2) is 50.2 Å². The number of carbonyl (C=O) groups excluding carboxylic acids is 1. The quantitative estimate of drug-likeness (QED) is 0.773. The first kappa shape index (κ1) is 19.1. The lowest BCUT2D eigenvalue weighted by Gasteiger charge is -2.33. The molecule has 1 N–H and O–H groups in total. The minimum absolute atomic E-state index is 0.196. The standard InChI is InChI=1S/C18H21BrN2O4S/c1-13-5-8-15(25-13)12-20-18(22)17-4-2-3-11-21(17)26(23,24)16-9-6-14(19)7-10-16/h5-10,17H,2-4,11-12H2,1H3,(H,20,22). The molecule has 1 fully saturated rings. The summed E-state index contributed by atoms with van der Waals surface area (Å²) in [6, 6.07) is 9.40. The van der Waals surface area contributed by atoms with E-state index in [4.69, 9.17) is 4.42 Å². The van der Waals surface area contributed by atoms with Crippen molar-refractivity contribution < 1.29 is 17.6 Å². The van der Waals surface area contributed by atoms with Gasteiger partial charge < -0.3 is 9.73 Å². The molecule has 0 saturated carbocycles. The van der Waals surface area contributed by atoms with Gasteiger partial charge in [0.15, 0.2) is 0 Å². The molecular formula is C18H21BrN2O4S. The van der Waals surface area contributed by atoms with Crippen LogP contribution in [0.2, 0.25) is 0 Å². The molecule has 1 aromatic heterocycles. The number of aryl methyl sites for hydroxylation is 1. The summed E-state index contributed by atoms with van der Waals surface area (Å²) in [6.07, 6.45) is 2.08.